The lowest BCUT2D eigenvalue weighted by Gasteiger charge is -2.27. The van der Waals surface area contributed by atoms with Gasteiger partial charge in [-0.2, -0.15) is 4.98 Å². The van der Waals surface area contributed by atoms with Crippen LogP contribution in [-0.2, 0) is 13.1 Å². The summed E-state index contributed by atoms with van der Waals surface area (Å²) < 4.78 is 7.08. The highest BCUT2D eigenvalue weighted by molar-refractivity contribution is 5.97. The lowest BCUT2D eigenvalue weighted by atomic mass is 10.0. The maximum absolute atomic E-state index is 13.3. The van der Waals surface area contributed by atoms with Crippen LogP contribution in [0.4, 0.5) is 5.95 Å². The van der Waals surface area contributed by atoms with Crippen LogP contribution >= 0.6 is 0 Å². The van der Waals surface area contributed by atoms with Gasteiger partial charge in [-0.15, -0.1) is 5.10 Å². The molecule has 9 nitrogen and oxygen atoms in total. The number of carbonyl (C=O) groups excluding carboxylic acids is 1. The minimum atomic E-state index is -0.235. The average molecular weight is 486 g/mol. The van der Waals surface area contributed by atoms with Crippen molar-refractivity contribution in [2.24, 2.45) is 0 Å². The number of nitrogens with one attached hydrogen (secondary N) is 1. The molecule has 4 aromatic rings. The van der Waals surface area contributed by atoms with Crippen LogP contribution < -0.4 is 15.8 Å². The lowest BCUT2D eigenvalue weighted by molar-refractivity contribution is 0.0947. The number of anilines is 1. The van der Waals surface area contributed by atoms with Crippen LogP contribution in [0.5, 0.6) is 5.88 Å². The number of methoxy groups -OCH3 is 1. The van der Waals surface area contributed by atoms with E-state index in [0.717, 1.165) is 42.0 Å². The molecule has 0 radical (unpaired) electrons. The number of pyridine rings is 2. The van der Waals surface area contributed by atoms with Gasteiger partial charge in [0.1, 0.15) is 5.56 Å². The molecule has 186 valence electrons. The molecule has 1 fully saturated rings. The molecule has 0 saturated carbocycles. The van der Waals surface area contributed by atoms with Crippen molar-refractivity contribution in [2.75, 3.05) is 25.9 Å². The SMILES string of the molecule is COc1nc(C)c(-c2ccn3nc(N)nc3c2)cc1C(=O)NCc1ccccc1CN1CCCCC1. The van der Waals surface area contributed by atoms with E-state index in [9.17, 15) is 4.79 Å². The monoisotopic (exact) mass is 485 g/mol. The Labute approximate surface area is 210 Å². The van der Waals surface area contributed by atoms with Crippen molar-refractivity contribution in [1.29, 1.82) is 0 Å². The van der Waals surface area contributed by atoms with Gasteiger partial charge in [-0.05, 0) is 67.7 Å². The Morgan fingerprint density at radius 3 is 2.64 bits per heavy atom. The molecule has 0 aliphatic carbocycles. The number of benzene rings is 1. The van der Waals surface area contributed by atoms with E-state index in [1.54, 1.807) is 10.7 Å². The maximum Gasteiger partial charge on any atom is 0.257 e. The van der Waals surface area contributed by atoms with Crippen LogP contribution in [0.25, 0.3) is 16.8 Å². The van der Waals surface area contributed by atoms with Gasteiger partial charge < -0.3 is 15.8 Å². The summed E-state index contributed by atoms with van der Waals surface area (Å²) in [5.41, 5.74) is 11.5. The number of rotatable bonds is 7. The molecule has 3 N–H and O–H groups in total. The number of fused-ring (bicyclic) bond motifs is 1. The second-order valence-corrected chi connectivity index (χ2v) is 9.15. The Bertz CT molecular complexity index is 1390. The third-order valence-corrected chi connectivity index (χ3v) is 6.68. The fourth-order valence-electron chi connectivity index (χ4n) is 4.77. The Kier molecular flexibility index (Phi) is 6.81. The van der Waals surface area contributed by atoms with Crippen LogP contribution in [0.15, 0.2) is 48.7 Å². The number of aromatic nitrogens is 4. The summed E-state index contributed by atoms with van der Waals surface area (Å²) in [5.74, 6) is 0.265. The van der Waals surface area contributed by atoms with E-state index in [0.29, 0.717) is 23.6 Å². The quantitative estimate of drug-likeness (QED) is 0.411. The number of likely N-dealkylation sites (tertiary alicyclic amines) is 1. The number of hydrogen-bond acceptors (Lipinski definition) is 7. The minimum absolute atomic E-state index is 0.206. The molecule has 3 aromatic heterocycles. The summed E-state index contributed by atoms with van der Waals surface area (Å²) in [6.07, 6.45) is 5.60. The Morgan fingerprint density at radius 1 is 1.08 bits per heavy atom. The zero-order valence-electron chi connectivity index (χ0n) is 20.7. The van der Waals surface area contributed by atoms with Crippen molar-refractivity contribution in [3.63, 3.8) is 0 Å². The number of aryl methyl sites for hydroxylation is 1. The molecule has 1 amide bonds. The molecule has 36 heavy (non-hydrogen) atoms. The Balaban J connectivity index is 1.38. The van der Waals surface area contributed by atoms with Gasteiger partial charge in [0.2, 0.25) is 11.8 Å². The van der Waals surface area contributed by atoms with E-state index < -0.39 is 0 Å². The van der Waals surface area contributed by atoms with Gasteiger partial charge in [-0.1, -0.05) is 30.7 Å². The molecule has 0 atom stereocenters. The highest BCUT2D eigenvalue weighted by Gasteiger charge is 2.19. The van der Waals surface area contributed by atoms with Gasteiger partial charge in [-0.3, -0.25) is 9.69 Å². The predicted octanol–water partition coefficient (Wildman–Crippen LogP) is 3.61. The number of carbonyl (C=O) groups is 1. The minimum Gasteiger partial charge on any atom is -0.480 e. The first kappa shape index (κ1) is 23.7. The van der Waals surface area contributed by atoms with Crippen molar-refractivity contribution < 1.29 is 9.53 Å². The van der Waals surface area contributed by atoms with Crippen molar-refractivity contribution in [1.82, 2.24) is 29.8 Å². The van der Waals surface area contributed by atoms with Gasteiger partial charge in [0.25, 0.3) is 5.91 Å². The summed E-state index contributed by atoms with van der Waals surface area (Å²) in [5, 5.41) is 7.20. The smallest absolute Gasteiger partial charge is 0.257 e. The number of ether oxygens (including phenoxy) is 1. The van der Waals surface area contributed by atoms with Crippen LogP contribution in [0.2, 0.25) is 0 Å². The average Bonchev–Trinajstić information content (AvgIpc) is 3.27. The van der Waals surface area contributed by atoms with Crippen molar-refractivity contribution >= 4 is 17.5 Å². The number of nitrogen functional groups attached to an aromatic ring is 1. The molecule has 4 heterocycles. The standard InChI is InChI=1S/C27H31N7O2/c1-18-22(19-10-13-34-24(14-19)31-27(28)32-34)15-23(26(30-18)36-2)25(35)29-16-20-8-4-5-9-21(20)17-33-11-6-3-7-12-33/h4-5,8-10,13-15H,3,6-7,11-12,16-17H2,1-2H3,(H2,28,32)(H,29,35). The Hall–Kier alpha value is -3.98. The summed E-state index contributed by atoms with van der Waals surface area (Å²) in [6, 6.07) is 13.9. The number of piperidine rings is 1. The van der Waals surface area contributed by atoms with Crippen LogP contribution in [0.3, 0.4) is 0 Å². The summed E-state index contributed by atoms with van der Waals surface area (Å²) >= 11 is 0. The molecule has 5 rings (SSSR count). The molecule has 1 aromatic carbocycles. The highest BCUT2D eigenvalue weighted by atomic mass is 16.5. The van der Waals surface area contributed by atoms with E-state index in [-0.39, 0.29) is 11.9 Å². The zero-order valence-corrected chi connectivity index (χ0v) is 20.7. The van der Waals surface area contributed by atoms with Gasteiger partial charge in [0.05, 0.1) is 7.11 Å². The van der Waals surface area contributed by atoms with E-state index in [1.807, 2.05) is 31.2 Å². The molecule has 0 bridgehead atoms. The van der Waals surface area contributed by atoms with E-state index >= 15 is 0 Å². The number of amides is 1. The molecular formula is C27H31N7O2. The zero-order chi connectivity index (χ0) is 25.1. The first-order valence-corrected chi connectivity index (χ1v) is 12.3. The van der Waals surface area contributed by atoms with E-state index in [2.05, 4.69) is 43.5 Å². The predicted molar refractivity (Wildman–Crippen MR) is 139 cm³/mol. The van der Waals surface area contributed by atoms with Crippen LogP contribution in [0.1, 0.15) is 46.4 Å². The third-order valence-electron chi connectivity index (χ3n) is 6.68. The van der Waals surface area contributed by atoms with Gasteiger partial charge in [0.15, 0.2) is 5.65 Å². The molecule has 0 spiro atoms. The normalized spacial score (nSPS) is 14.2. The first-order chi connectivity index (χ1) is 17.5. The van der Waals surface area contributed by atoms with E-state index in [4.69, 9.17) is 10.5 Å². The van der Waals surface area contributed by atoms with E-state index in [1.165, 1.54) is 31.9 Å². The van der Waals surface area contributed by atoms with Gasteiger partial charge in [-0.25, -0.2) is 9.50 Å². The fraction of sp³-hybridized carbons (Fsp3) is 0.333. The maximum atomic E-state index is 13.3. The largest absolute Gasteiger partial charge is 0.480 e. The number of nitrogens with two attached hydrogens (primary N) is 1. The third kappa shape index (κ3) is 5.01. The number of nitrogens with zero attached hydrogens (tertiary/aromatic N) is 5. The summed E-state index contributed by atoms with van der Waals surface area (Å²) in [6.45, 7) is 5.48. The molecular weight excluding hydrogens is 454 g/mol. The molecule has 1 saturated heterocycles. The lowest BCUT2D eigenvalue weighted by Crippen LogP contribution is -2.30. The molecule has 1 aliphatic rings. The molecule has 9 heteroatoms. The number of hydrogen-bond donors (Lipinski definition) is 2. The van der Waals surface area contributed by atoms with Crippen LogP contribution in [-0.4, -0.2) is 50.6 Å². The van der Waals surface area contributed by atoms with Gasteiger partial charge in [0, 0.05) is 30.5 Å². The van der Waals surface area contributed by atoms with Crippen molar-refractivity contribution in [2.45, 2.75) is 39.3 Å². The topological polar surface area (TPSA) is 111 Å². The van der Waals surface area contributed by atoms with Crippen molar-refractivity contribution in [3.8, 4) is 17.0 Å². The highest BCUT2D eigenvalue weighted by Crippen LogP contribution is 2.29. The fourth-order valence-corrected chi connectivity index (χ4v) is 4.77. The Morgan fingerprint density at radius 2 is 1.86 bits per heavy atom. The van der Waals surface area contributed by atoms with Crippen LogP contribution in [0, 0.1) is 6.92 Å². The molecule has 0 unspecified atom stereocenters. The van der Waals surface area contributed by atoms with Gasteiger partial charge >= 0.3 is 0 Å². The second-order valence-electron chi connectivity index (χ2n) is 9.15. The summed E-state index contributed by atoms with van der Waals surface area (Å²) in [4.78, 5) is 24.6. The van der Waals surface area contributed by atoms with Crippen molar-refractivity contribution in [3.05, 3.63) is 71.0 Å². The first-order valence-electron chi connectivity index (χ1n) is 12.3. The second kappa shape index (κ2) is 10.3. The summed E-state index contributed by atoms with van der Waals surface area (Å²) in [7, 11) is 1.52. The molecule has 1 aliphatic heterocycles.